The van der Waals surface area contributed by atoms with Crippen LogP contribution in [-0.4, -0.2) is 48.3 Å². The Labute approximate surface area is 90.2 Å². The average molecular weight is 214 g/mol. The van der Waals surface area contributed by atoms with E-state index in [0.717, 1.165) is 0 Å². The Morgan fingerprint density at radius 1 is 1.73 bits per heavy atom. The van der Waals surface area contributed by atoms with E-state index in [0.29, 0.717) is 6.42 Å². The topological polar surface area (TPSA) is 73.6 Å². The molecule has 0 amide bonds. The molecule has 5 nitrogen and oxygen atoms in total. The van der Waals surface area contributed by atoms with E-state index in [2.05, 4.69) is 4.74 Å². The van der Waals surface area contributed by atoms with Crippen LogP contribution in [0.25, 0.3) is 0 Å². The monoisotopic (exact) mass is 214 g/mol. The maximum atomic E-state index is 11.2. The number of ether oxygens (including phenoxy) is 1. The van der Waals surface area contributed by atoms with E-state index in [1.165, 1.54) is 14.0 Å². The summed E-state index contributed by atoms with van der Waals surface area (Å²) in [5.41, 5.74) is -1.53. The molecule has 0 fully saturated rings. The fraction of sp³-hybridized carbons (Fsp3) is 0.800. The van der Waals surface area contributed by atoms with Crippen LogP contribution in [0.3, 0.4) is 0 Å². The summed E-state index contributed by atoms with van der Waals surface area (Å²) >= 11 is 0. The number of carbonyl (C=O) groups is 1. The Kier molecular flexibility index (Phi) is 5.26. The molecule has 0 bridgehead atoms. The number of nitriles is 1. The summed E-state index contributed by atoms with van der Waals surface area (Å²) in [6.07, 6.45) is 0.355. The van der Waals surface area contributed by atoms with E-state index < -0.39 is 11.6 Å². The van der Waals surface area contributed by atoms with Crippen molar-refractivity contribution in [2.75, 3.05) is 20.7 Å². The SMILES string of the molecule is COC(=O)C(C)(O)CN(C)C(C)CC#N. The molecule has 15 heavy (non-hydrogen) atoms. The van der Waals surface area contributed by atoms with Gasteiger partial charge in [0.25, 0.3) is 0 Å². The van der Waals surface area contributed by atoms with Crippen LogP contribution in [-0.2, 0) is 9.53 Å². The number of likely N-dealkylation sites (N-methyl/N-ethyl adjacent to an activating group) is 1. The molecular weight excluding hydrogens is 196 g/mol. The molecule has 0 aliphatic heterocycles. The molecule has 1 N–H and O–H groups in total. The van der Waals surface area contributed by atoms with Gasteiger partial charge in [0.1, 0.15) is 0 Å². The van der Waals surface area contributed by atoms with Crippen molar-refractivity contribution in [1.29, 1.82) is 5.26 Å². The van der Waals surface area contributed by atoms with Crippen molar-refractivity contribution in [3.05, 3.63) is 0 Å². The average Bonchev–Trinajstić information content (AvgIpc) is 2.16. The van der Waals surface area contributed by atoms with Crippen LogP contribution >= 0.6 is 0 Å². The molecule has 0 saturated heterocycles. The molecule has 0 radical (unpaired) electrons. The summed E-state index contributed by atoms with van der Waals surface area (Å²) in [5, 5.41) is 18.3. The van der Waals surface area contributed by atoms with Gasteiger partial charge in [-0.15, -0.1) is 0 Å². The fourth-order valence-corrected chi connectivity index (χ4v) is 1.21. The zero-order valence-corrected chi connectivity index (χ0v) is 9.65. The molecular formula is C10H18N2O3. The number of nitrogens with zero attached hydrogens (tertiary/aromatic N) is 2. The van der Waals surface area contributed by atoms with Crippen LogP contribution in [0.15, 0.2) is 0 Å². The lowest BCUT2D eigenvalue weighted by Gasteiger charge is -2.29. The number of aliphatic hydroxyl groups is 1. The van der Waals surface area contributed by atoms with Crippen molar-refractivity contribution in [1.82, 2.24) is 4.90 Å². The van der Waals surface area contributed by atoms with Gasteiger partial charge in [-0.25, -0.2) is 4.79 Å². The van der Waals surface area contributed by atoms with Crippen molar-refractivity contribution in [3.63, 3.8) is 0 Å². The first-order valence-corrected chi connectivity index (χ1v) is 4.73. The van der Waals surface area contributed by atoms with Crippen LogP contribution < -0.4 is 0 Å². The van der Waals surface area contributed by atoms with E-state index in [9.17, 15) is 9.90 Å². The number of methoxy groups -OCH3 is 1. The van der Waals surface area contributed by atoms with Gasteiger partial charge in [0.05, 0.1) is 19.6 Å². The lowest BCUT2D eigenvalue weighted by molar-refractivity contribution is -0.162. The van der Waals surface area contributed by atoms with Gasteiger partial charge >= 0.3 is 5.97 Å². The highest BCUT2D eigenvalue weighted by atomic mass is 16.5. The van der Waals surface area contributed by atoms with Gasteiger partial charge in [0, 0.05) is 12.6 Å². The highest BCUT2D eigenvalue weighted by molar-refractivity contribution is 5.78. The Morgan fingerprint density at radius 2 is 2.27 bits per heavy atom. The number of carbonyl (C=O) groups excluding carboxylic acids is 1. The lowest BCUT2D eigenvalue weighted by atomic mass is 10.1. The number of hydrogen-bond donors (Lipinski definition) is 1. The molecule has 0 aromatic carbocycles. The molecule has 0 spiro atoms. The molecule has 0 heterocycles. The van der Waals surface area contributed by atoms with Crippen LogP contribution in [0.2, 0.25) is 0 Å². The molecule has 0 saturated carbocycles. The predicted octanol–water partition coefficient (Wildman–Crippen LogP) is 0.144. The predicted molar refractivity (Wildman–Crippen MR) is 55.0 cm³/mol. The molecule has 5 heteroatoms. The maximum Gasteiger partial charge on any atom is 0.338 e. The number of rotatable bonds is 5. The van der Waals surface area contributed by atoms with E-state index in [1.54, 1.807) is 11.9 Å². The van der Waals surface area contributed by atoms with E-state index in [1.807, 2.05) is 13.0 Å². The summed E-state index contributed by atoms with van der Waals surface area (Å²) in [4.78, 5) is 12.9. The highest BCUT2D eigenvalue weighted by Gasteiger charge is 2.33. The Bertz CT molecular complexity index is 258. The van der Waals surface area contributed by atoms with Crippen LogP contribution in [0.1, 0.15) is 20.3 Å². The lowest BCUT2D eigenvalue weighted by Crippen LogP contribution is -2.48. The van der Waals surface area contributed by atoms with Crippen molar-refractivity contribution < 1.29 is 14.6 Å². The molecule has 2 atom stereocenters. The first-order valence-electron chi connectivity index (χ1n) is 4.73. The second kappa shape index (κ2) is 5.69. The second-order valence-corrected chi connectivity index (χ2v) is 3.89. The van der Waals surface area contributed by atoms with Crippen LogP contribution in [0.5, 0.6) is 0 Å². The van der Waals surface area contributed by atoms with Crippen LogP contribution in [0, 0.1) is 11.3 Å². The standard InChI is InChI=1S/C10H18N2O3/c1-8(5-6-11)12(3)7-10(2,14)9(13)15-4/h8,14H,5,7H2,1-4H3. The Balaban J connectivity index is 4.33. The summed E-state index contributed by atoms with van der Waals surface area (Å²) in [6.45, 7) is 3.40. The van der Waals surface area contributed by atoms with Gasteiger partial charge < -0.3 is 9.84 Å². The third kappa shape index (κ3) is 4.28. The normalized spacial score (nSPS) is 16.6. The molecule has 86 valence electrons. The van der Waals surface area contributed by atoms with Crippen molar-refractivity contribution >= 4 is 5.97 Å². The van der Waals surface area contributed by atoms with Crippen molar-refractivity contribution in [2.45, 2.75) is 31.9 Å². The molecule has 0 rings (SSSR count). The van der Waals surface area contributed by atoms with Gasteiger partial charge in [0.15, 0.2) is 5.60 Å². The van der Waals surface area contributed by atoms with E-state index >= 15 is 0 Å². The minimum Gasteiger partial charge on any atom is -0.467 e. The van der Waals surface area contributed by atoms with Crippen LogP contribution in [0.4, 0.5) is 0 Å². The quantitative estimate of drug-likeness (QED) is 0.659. The summed E-state index contributed by atoms with van der Waals surface area (Å²) < 4.78 is 4.47. The molecule has 0 aliphatic rings. The Morgan fingerprint density at radius 3 is 2.67 bits per heavy atom. The number of hydrogen-bond acceptors (Lipinski definition) is 5. The van der Waals surface area contributed by atoms with Gasteiger partial charge in [-0.2, -0.15) is 5.26 Å². The zero-order valence-electron chi connectivity index (χ0n) is 9.65. The molecule has 0 aromatic rings. The van der Waals surface area contributed by atoms with Gasteiger partial charge in [-0.3, -0.25) is 4.90 Å². The summed E-state index contributed by atoms with van der Waals surface area (Å²) in [5.74, 6) is -0.668. The molecule has 2 unspecified atom stereocenters. The minimum atomic E-state index is -1.53. The van der Waals surface area contributed by atoms with E-state index in [4.69, 9.17) is 5.26 Å². The maximum absolute atomic E-state index is 11.2. The van der Waals surface area contributed by atoms with E-state index in [-0.39, 0.29) is 12.6 Å². The van der Waals surface area contributed by atoms with Gasteiger partial charge in [-0.1, -0.05) is 0 Å². The fourth-order valence-electron chi connectivity index (χ4n) is 1.21. The van der Waals surface area contributed by atoms with Crippen molar-refractivity contribution in [2.24, 2.45) is 0 Å². The molecule has 0 aromatic heterocycles. The largest absolute Gasteiger partial charge is 0.467 e. The molecule has 0 aliphatic carbocycles. The minimum absolute atomic E-state index is 0.00821. The van der Waals surface area contributed by atoms with Gasteiger partial charge in [0.2, 0.25) is 0 Å². The smallest absolute Gasteiger partial charge is 0.338 e. The number of esters is 1. The first kappa shape index (κ1) is 13.9. The van der Waals surface area contributed by atoms with Crippen molar-refractivity contribution in [3.8, 4) is 6.07 Å². The summed E-state index contributed by atoms with van der Waals surface area (Å²) in [7, 11) is 2.98. The van der Waals surface area contributed by atoms with Gasteiger partial charge in [-0.05, 0) is 20.9 Å². The zero-order chi connectivity index (χ0) is 12.1. The third-order valence-corrected chi connectivity index (χ3v) is 2.32. The first-order chi connectivity index (χ1) is 6.85. The summed E-state index contributed by atoms with van der Waals surface area (Å²) in [6, 6.07) is 2.03. The third-order valence-electron chi connectivity index (χ3n) is 2.32. The highest BCUT2D eigenvalue weighted by Crippen LogP contribution is 2.10. The second-order valence-electron chi connectivity index (χ2n) is 3.89. The Hall–Kier alpha value is -1.12.